The summed E-state index contributed by atoms with van der Waals surface area (Å²) in [6, 6.07) is 9.78. The van der Waals surface area contributed by atoms with E-state index in [0.717, 1.165) is 38.6 Å². The average molecular weight is 272 g/mol. The Hall–Kier alpha value is -1.55. The molecule has 108 valence electrons. The lowest BCUT2D eigenvalue weighted by molar-refractivity contribution is 0.191. The van der Waals surface area contributed by atoms with E-state index in [1.54, 1.807) is 0 Å². The van der Waals surface area contributed by atoms with Crippen LogP contribution in [0, 0.1) is 0 Å². The van der Waals surface area contributed by atoms with Gasteiger partial charge in [0.2, 0.25) is 0 Å². The fourth-order valence-electron chi connectivity index (χ4n) is 2.93. The van der Waals surface area contributed by atoms with E-state index in [0.29, 0.717) is 12.1 Å². The molecule has 0 radical (unpaired) electrons. The zero-order valence-corrected chi connectivity index (χ0v) is 12.4. The van der Waals surface area contributed by atoms with E-state index in [1.165, 1.54) is 11.1 Å². The lowest BCUT2D eigenvalue weighted by atomic mass is 9.99. The van der Waals surface area contributed by atoms with Crippen LogP contribution in [0.4, 0.5) is 0 Å². The second kappa shape index (κ2) is 5.83. The lowest BCUT2D eigenvalue weighted by Crippen LogP contribution is -2.47. The molecule has 0 aromatic heterocycles. The number of benzene rings is 1. The second-order valence-electron chi connectivity index (χ2n) is 5.95. The van der Waals surface area contributed by atoms with Crippen molar-refractivity contribution in [2.24, 2.45) is 4.99 Å². The van der Waals surface area contributed by atoms with Crippen molar-refractivity contribution < 1.29 is 0 Å². The van der Waals surface area contributed by atoms with Gasteiger partial charge in [-0.05, 0) is 31.4 Å². The van der Waals surface area contributed by atoms with Gasteiger partial charge in [-0.2, -0.15) is 0 Å². The number of hydrogen-bond acceptors (Lipinski definition) is 4. The first-order valence-electron chi connectivity index (χ1n) is 7.58. The molecule has 4 nitrogen and oxygen atoms in total. The van der Waals surface area contributed by atoms with E-state index in [-0.39, 0.29) is 0 Å². The van der Waals surface area contributed by atoms with Crippen LogP contribution in [0.15, 0.2) is 29.3 Å². The van der Waals surface area contributed by atoms with Crippen LogP contribution in [-0.4, -0.2) is 42.6 Å². The highest BCUT2D eigenvalue weighted by molar-refractivity contribution is 5.81. The predicted octanol–water partition coefficient (Wildman–Crippen LogP) is 1.37. The molecule has 2 N–H and O–H groups in total. The Kier molecular flexibility index (Phi) is 3.92. The smallest absolute Gasteiger partial charge is 0.191 e. The molecule has 0 bridgehead atoms. The van der Waals surface area contributed by atoms with Gasteiger partial charge in [-0.15, -0.1) is 0 Å². The Labute approximate surface area is 121 Å². The topological polar surface area (TPSA) is 39.7 Å². The Morgan fingerprint density at radius 2 is 2.20 bits per heavy atom. The third kappa shape index (κ3) is 2.96. The maximum atomic E-state index is 4.45. The third-order valence-electron chi connectivity index (χ3n) is 4.25. The molecule has 1 aromatic rings. The second-order valence-corrected chi connectivity index (χ2v) is 5.95. The third-order valence-corrected chi connectivity index (χ3v) is 4.25. The number of hydrogen-bond donors (Lipinski definition) is 2. The molecule has 2 atom stereocenters. The molecule has 0 saturated heterocycles. The minimum absolute atomic E-state index is 0.467. The Morgan fingerprint density at radius 1 is 1.40 bits per heavy atom. The fourth-order valence-corrected chi connectivity index (χ4v) is 2.93. The SMILES string of the molecule is CC1CN=C(NCC(C)N2CCc3ccccc3C2)N1. The molecule has 2 heterocycles. The molecule has 0 amide bonds. The van der Waals surface area contributed by atoms with Gasteiger partial charge in [0.15, 0.2) is 5.96 Å². The van der Waals surface area contributed by atoms with E-state index in [2.05, 4.69) is 58.6 Å². The first-order valence-corrected chi connectivity index (χ1v) is 7.58. The molecule has 20 heavy (non-hydrogen) atoms. The molecule has 2 unspecified atom stereocenters. The standard InChI is InChI=1S/C16H24N4/c1-12-9-17-16(19-12)18-10-13(2)20-8-7-14-5-3-4-6-15(14)11-20/h3-6,12-13H,7-11H2,1-2H3,(H2,17,18,19). The molecule has 0 saturated carbocycles. The first-order chi connectivity index (χ1) is 9.72. The minimum atomic E-state index is 0.467. The zero-order chi connectivity index (χ0) is 13.9. The molecule has 0 spiro atoms. The summed E-state index contributed by atoms with van der Waals surface area (Å²) >= 11 is 0. The summed E-state index contributed by atoms with van der Waals surface area (Å²) in [5.74, 6) is 0.960. The van der Waals surface area contributed by atoms with Crippen LogP contribution in [0.25, 0.3) is 0 Å². The van der Waals surface area contributed by atoms with Crippen molar-refractivity contribution in [3.63, 3.8) is 0 Å². The van der Waals surface area contributed by atoms with Gasteiger partial charge in [0.05, 0.1) is 6.54 Å². The number of guanidine groups is 1. The molecule has 0 fully saturated rings. The van der Waals surface area contributed by atoms with Crippen molar-refractivity contribution in [2.45, 2.75) is 38.9 Å². The van der Waals surface area contributed by atoms with Crippen molar-refractivity contribution in [2.75, 3.05) is 19.6 Å². The molecule has 4 heteroatoms. The molecule has 1 aromatic carbocycles. The molecular formula is C16H24N4. The van der Waals surface area contributed by atoms with Gasteiger partial charge in [-0.25, -0.2) is 0 Å². The lowest BCUT2D eigenvalue weighted by Gasteiger charge is -2.34. The Balaban J connectivity index is 1.52. The monoisotopic (exact) mass is 272 g/mol. The van der Waals surface area contributed by atoms with Crippen LogP contribution < -0.4 is 10.6 Å². The highest BCUT2D eigenvalue weighted by Gasteiger charge is 2.21. The number of nitrogens with one attached hydrogen (secondary N) is 2. The van der Waals surface area contributed by atoms with Gasteiger partial charge < -0.3 is 10.6 Å². The summed E-state index contributed by atoms with van der Waals surface area (Å²) in [5.41, 5.74) is 3.00. The maximum Gasteiger partial charge on any atom is 0.191 e. The van der Waals surface area contributed by atoms with Gasteiger partial charge in [0.25, 0.3) is 0 Å². The van der Waals surface area contributed by atoms with Crippen molar-refractivity contribution in [3.05, 3.63) is 35.4 Å². The van der Waals surface area contributed by atoms with Crippen LogP contribution in [0.5, 0.6) is 0 Å². The molecule has 2 aliphatic rings. The highest BCUT2D eigenvalue weighted by Crippen LogP contribution is 2.19. The summed E-state index contributed by atoms with van der Waals surface area (Å²) in [5, 5.41) is 6.78. The van der Waals surface area contributed by atoms with Gasteiger partial charge in [-0.3, -0.25) is 9.89 Å². The van der Waals surface area contributed by atoms with Crippen LogP contribution in [0.2, 0.25) is 0 Å². The first kappa shape index (κ1) is 13.4. The van der Waals surface area contributed by atoms with Crippen LogP contribution in [0.1, 0.15) is 25.0 Å². The highest BCUT2D eigenvalue weighted by atomic mass is 15.3. The number of aliphatic imine (C=N–C) groups is 1. The summed E-state index contributed by atoms with van der Waals surface area (Å²) in [4.78, 5) is 7.00. The van der Waals surface area contributed by atoms with Gasteiger partial charge >= 0.3 is 0 Å². The van der Waals surface area contributed by atoms with E-state index in [4.69, 9.17) is 0 Å². The number of rotatable bonds is 3. The normalized spacial score (nSPS) is 23.7. The fraction of sp³-hybridized carbons (Fsp3) is 0.562. The van der Waals surface area contributed by atoms with Crippen molar-refractivity contribution in [1.82, 2.24) is 15.5 Å². The zero-order valence-electron chi connectivity index (χ0n) is 12.4. The molecule has 2 aliphatic heterocycles. The van der Waals surface area contributed by atoms with E-state index < -0.39 is 0 Å². The summed E-state index contributed by atoms with van der Waals surface area (Å²) in [7, 11) is 0. The number of nitrogens with zero attached hydrogens (tertiary/aromatic N) is 2. The van der Waals surface area contributed by atoms with Gasteiger partial charge in [-0.1, -0.05) is 24.3 Å². The molecular weight excluding hydrogens is 248 g/mol. The average Bonchev–Trinajstić information content (AvgIpc) is 2.90. The maximum absolute atomic E-state index is 4.45. The van der Waals surface area contributed by atoms with E-state index in [9.17, 15) is 0 Å². The van der Waals surface area contributed by atoms with Crippen LogP contribution in [-0.2, 0) is 13.0 Å². The van der Waals surface area contributed by atoms with Crippen molar-refractivity contribution in [3.8, 4) is 0 Å². The van der Waals surface area contributed by atoms with Crippen molar-refractivity contribution in [1.29, 1.82) is 0 Å². The van der Waals surface area contributed by atoms with Crippen LogP contribution in [0.3, 0.4) is 0 Å². The summed E-state index contributed by atoms with van der Waals surface area (Å²) in [6.07, 6.45) is 1.16. The Bertz CT molecular complexity index is 497. The van der Waals surface area contributed by atoms with Crippen LogP contribution >= 0.6 is 0 Å². The van der Waals surface area contributed by atoms with Gasteiger partial charge in [0.1, 0.15) is 0 Å². The number of fused-ring (bicyclic) bond motifs is 1. The minimum Gasteiger partial charge on any atom is -0.355 e. The predicted molar refractivity (Wildman–Crippen MR) is 82.9 cm³/mol. The molecule has 0 aliphatic carbocycles. The van der Waals surface area contributed by atoms with E-state index in [1.807, 2.05) is 0 Å². The van der Waals surface area contributed by atoms with E-state index >= 15 is 0 Å². The van der Waals surface area contributed by atoms with Crippen molar-refractivity contribution >= 4 is 5.96 Å². The quantitative estimate of drug-likeness (QED) is 0.873. The van der Waals surface area contributed by atoms with Gasteiger partial charge in [0, 0.05) is 31.7 Å². The summed E-state index contributed by atoms with van der Waals surface area (Å²) < 4.78 is 0. The summed E-state index contributed by atoms with van der Waals surface area (Å²) in [6.45, 7) is 8.49. The largest absolute Gasteiger partial charge is 0.355 e. The molecule has 3 rings (SSSR count). The Morgan fingerprint density at radius 3 is 2.95 bits per heavy atom.